The lowest BCUT2D eigenvalue weighted by atomic mass is 10.0. The standard InChI is InChI=1S/C8H16N2S/c1-6(2)5-7-3-4-11-8(9)10-7/h6-7H,3-5H2,1-2H3,(H2,9,10)/t7-/m1/s1. The lowest BCUT2D eigenvalue weighted by Crippen LogP contribution is -2.21. The molecule has 0 bridgehead atoms. The molecule has 0 fully saturated rings. The van der Waals surface area contributed by atoms with E-state index in [4.69, 9.17) is 5.73 Å². The largest absolute Gasteiger partial charge is 0.379 e. The highest BCUT2D eigenvalue weighted by Gasteiger charge is 2.14. The maximum absolute atomic E-state index is 5.61. The number of thioether (sulfide) groups is 1. The molecule has 2 nitrogen and oxygen atoms in total. The van der Waals surface area contributed by atoms with E-state index in [1.165, 1.54) is 12.8 Å². The molecular formula is C8H16N2S. The lowest BCUT2D eigenvalue weighted by molar-refractivity contribution is 0.489. The first-order chi connectivity index (χ1) is 5.18. The van der Waals surface area contributed by atoms with Gasteiger partial charge in [-0.15, -0.1) is 0 Å². The Kier molecular flexibility index (Phi) is 3.24. The third-order valence-corrected chi connectivity index (χ3v) is 2.60. The Morgan fingerprint density at radius 2 is 2.45 bits per heavy atom. The van der Waals surface area contributed by atoms with Crippen molar-refractivity contribution < 1.29 is 0 Å². The van der Waals surface area contributed by atoms with Gasteiger partial charge in [-0.2, -0.15) is 0 Å². The summed E-state index contributed by atoms with van der Waals surface area (Å²) in [5.74, 6) is 1.88. The van der Waals surface area contributed by atoms with Crippen LogP contribution in [0.5, 0.6) is 0 Å². The van der Waals surface area contributed by atoms with Gasteiger partial charge in [0.15, 0.2) is 5.17 Å². The monoisotopic (exact) mass is 172 g/mol. The van der Waals surface area contributed by atoms with Gasteiger partial charge in [0, 0.05) is 5.75 Å². The van der Waals surface area contributed by atoms with Gasteiger partial charge in [0.25, 0.3) is 0 Å². The van der Waals surface area contributed by atoms with Crippen LogP contribution in [0.25, 0.3) is 0 Å². The molecule has 11 heavy (non-hydrogen) atoms. The van der Waals surface area contributed by atoms with Crippen molar-refractivity contribution in [2.75, 3.05) is 5.75 Å². The van der Waals surface area contributed by atoms with Crippen LogP contribution in [0.2, 0.25) is 0 Å². The van der Waals surface area contributed by atoms with Crippen molar-refractivity contribution in [3.63, 3.8) is 0 Å². The molecule has 0 spiro atoms. The Bertz CT molecular complexity index is 154. The van der Waals surface area contributed by atoms with Crippen molar-refractivity contribution in [1.29, 1.82) is 0 Å². The van der Waals surface area contributed by atoms with Crippen molar-refractivity contribution >= 4 is 16.9 Å². The summed E-state index contributed by atoms with van der Waals surface area (Å²) in [6, 6.07) is 0.497. The third-order valence-electron chi connectivity index (χ3n) is 1.75. The number of nitrogens with two attached hydrogens (primary N) is 1. The fraction of sp³-hybridized carbons (Fsp3) is 0.875. The second kappa shape index (κ2) is 4.00. The van der Waals surface area contributed by atoms with Gasteiger partial charge in [0.05, 0.1) is 6.04 Å². The molecule has 64 valence electrons. The highest BCUT2D eigenvalue weighted by atomic mass is 32.2. The second-order valence-electron chi connectivity index (χ2n) is 3.39. The van der Waals surface area contributed by atoms with Crippen molar-refractivity contribution in [2.24, 2.45) is 16.6 Å². The van der Waals surface area contributed by atoms with Gasteiger partial charge in [0.2, 0.25) is 0 Å². The summed E-state index contributed by atoms with van der Waals surface area (Å²) < 4.78 is 0. The van der Waals surface area contributed by atoms with E-state index in [1.807, 2.05) is 0 Å². The number of nitrogens with zero attached hydrogens (tertiary/aromatic N) is 1. The maximum atomic E-state index is 5.61. The minimum Gasteiger partial charge on any atom is -0.379 e. The first-order valence-corrected chi connectivity index (χ1v) is 5.13. The first kappa shape index (κ1) is 8.91. The first-order valence-electron chi connectivity index (χ1n) is 4.14. The smallest absolute Gasteiger partial charge is 0.154 e. The van der Waals surface area contributed by atoms with Gasteiger partial charge >= 0.3 is 0 Å². The van der Waals surface area contributed by atoms with Crippen LogP contribution < -0.4 is 5.73 Å². The van der Waals surface area contributed by atoms with E-state index in [1.54, 1.807) is 11.8 Å². The van der Waals surface area contributed by atoms with Crippen LogP contribution >= 0.6 is 11.8 Å². The van der Waals surface area contributed by atoms with E-state index in [0.29, 0.717) is 6.04 Å². The lowest BCUT2D eigenvalue weighted by Gasteiger charge is -2.19. The Morgan fingerprint density at radius 3 is 3.00 bits per heavy atom. The molecule has 3 heteroatoms. The molecule has 0 aromatic carbocycles. The Labute approximate surface area is 72.6 Å². The molecule has 0 amide bonds. The molecule has 1 heterocycles. The fourth-order valence-corrected chi connectivity index (χ4v) is 2.12. The zero-order valence-electron chi connectivity index (χ0n) is 7.21. The number of hydrogen-bond acceptors (Lipinski definition) is 3. The predicted octanol–water partition coefficient (Wildman–Crippen LogP) is 1.85. The van der Waals surface area contributed by atoms with Gasteiger partial charge < -0.3 is 5.73 Å². The van der Waals surface area contributed by atoms with Gasteiger partial charge in [0.1, 0.15) is 0 Å². The molecule has 1 aliphatic heterocycles. The van der Waals surface area contributed by atoms with Crippen LogP contribution in [0.4, 0.5) is 0 Å². The molecule has 1 aliphatic rings. The van der Waals surface area contributed by atoms with Crippen molar-refractivity contribution in [3.05, 3.63) is 0 Å². The highest BCUT2D eigenvalue weighted by molar-refractivity contribution is 8.13. The highest BCUT2D eigenvalue weighted by Crippen LogP contribution is 2.20. The molecule has 0 aromatic heterocycles. The normalized spacial score (nSPS) is 25.4. The predicted molar refractivity (Wildman–Crippen MR) is 51.9 cm³/mol. The number of aliphatic imine (C=N–C) groups is 1. The van der Waals surface area contributed by atoms with Crippen LogP contribution in [0.3, 0.4) is 0 Å². The number of rotatable bonds is 2. The minimum atomic E-state index is 0.497. The van der Waals surface area contributed by atoms with Gasteiger partial charge in [-0.3, -0.25) is 4.99 Å². The van der Waals surface area contributed by atoms with Gasteiger partial charge in [-0.05, 0) is 18.8 Å². The molecule has 1 rings (SSSR count). The van der Waals surface area contributed by atoms with Crippen LogP contribution in [0, 0.1) is 5.92 Å². The summed E-state index contributed by atoms with van der Waals surface area (Å²) in [4.78, 5) is 4.38. The van der Waals surface area contributed by atoms with E-state index < -0.39 is 0 Å². The Morgan fingerprint density at radius 1 is 1.73 bits per heavy atom. The molecule has 0 aromatic rings. The molecule has 0 saturated heterocycles. The zero-order valence-corrected chi connectivity index (χ0v) is 8.03. The van der Waals surface area contributed by atoms with Crippen LogP contribution in [0.1, 0.15) is 26.7 Å². The van der Waals surface area contributed by atoms with E-state index in [0.717, 1.165) is 16.8 Å². The fourth-order valence-electron chi connectivity index (χ4n) is 1.30. The van der Waals surface area contributed by atoms with Crippen molar-refractivity contribution in [1.82, 2.24) is 0 Å². The van der Waals surface area contributed by atoms with Crippen LogP contribution in [0.15, 0.2) is 4.99 Å². The molecular weight excluding hydrogens is 156 g/mol. The number of hydrogen-bond donors (Lipinski definition) is 1. The van der Waals surface area contributed by atoms with Crippen molar-refractivity contribution in [3.8, 4) is 0 Å². The topological polar surface area (TPSA) is 38.4 Å². The van der Waals surface area contributed by atoms with Gasteiger partial charge in [-0.1, -0.05) is 25.6 Å². The van der Waals surface area contributed by atoms with E-state index in [2.05, 4.69) is 18.8 Å². The molecule has 0 saturated carbocycles. The second-order valence-corrected chi connectivity index (χ2v) is 4.50. The minimum absolute atomic E-state index is 0.497. The summed E-state index contributed by atoms with van der Waals surface area (Å²) in [7, 11) is 0. The average molecular weight is 172 g/mol. The quantitative estimate of drug-likeness (QED) is 0.690. The van der Waals surface area contributed by atoms with Crippen LogP contribution in [-0.4, -0.2) is 17.0 Å². The van der Waals surface area contributed by atoms with E-state index >= 15 is 0 Å². The summed E-state index contributed by atoms with van der Waals surface area (Å²) in [5.41, 5.74) is 5.61. The summed E-state index contributed by atoms with van der Waals surface area (Å²) >= 11 is 1.68. The Balaban J connectivity index is 2.39. The molecule has 0 radical (unpaired) electrons. The average Bonchev–Trinajstić information content (AvgIpc) is 1.85. The van der Waals surface area contributed by atoms with E-state index in [9.17, 15) is 0 Å². The molecule has 2 N–H and O–H groups in total. The molecule has 1 atom stereocenters. The summed E-state index contributed by atoms with van der Waals surface area (Å²) in [6.07, 6.45) is 2.38. The third kappa shape index (κ3) is 3.14. The SMILES string of the molecule is CC(C)C[C@H]1CCSC(N)=N1. The summed E-state index contributed by atoms with van der Waals surface area (Å²) in [5, 5.41) is 0.780. The zero-order chi connectivity index (χ0) is 8.27. The molecule has 0 aliphatic carbocycles. The van der Waals surface area contributed by atoms with Gasteiger partial charge in [-0.25, -0.2) is 0 Å². The maximum Gasteiger partial charge on any atom is 0.154 e. The Hall–Kier alpha value is -0.180. The van der Waals surface area contributed by atoms with Crippen molar-refractivity contribution in [2.45, 2.75) is 32.7 Å². The molecule has 0 unspecified atom stereocenters. The van der Waals surface area contributed by atoms with Crippen LogP contribution in [-0.2, 0) is 0 Å². The van der Waals surface area contributed by atoms with E-state index in [-0.39, 0.29) is 0 Å². The number of amidine groups is 1. The summed E-state index contributed by atoms with van der Waals surface area (Å²) in [6.45, 7) is 4.46.